The highest BCUT2D eigenvalue weighted by Crippen LogP contribution is 2.48. The molecule has 12 fully saturated rings. The predicted octanol–water partition coefficient (Wildman–Crippen LogP) is 7.75. The summed E-state index contributed by atoms with van der Waals surface area (Å²) in [6, 6.07) is 11.7. The molecule has 14 rings (SSSR count). The second kappa shape index (κ2) is 23.4. The first-order valence-corrected chi connectivity index (χ1v) is 31.7. The Balaban J connectivity index is 0.778. The van der Waals surface area contributed by atoms with Crippen molar-refractivity contribution in [3.05, 3.63) is 58.7 Å². The third-order valence-corrected chi connectivity index (χ3v) is 17.8. The lowest BCUT2D eigenvalue weighted by Gasteiger charge is -2.29. The summed E-state index contributed by atoms with van der Waals surface area (Å²) in [6.45, 7) is 31.5. The molecule has 0 saturated carbocycles. The van der Waals surface area contributed by atoms with Crippen LogP contribution in [0.3, 0.4) is 0 Å². The van der Waals surface area contributed by atoms with Crippen LogP contribution in [-0.2, 0) is 140 Å². The molecular formula is C64H90N2O24. The van der Waals surface area contributed by atoms with Gasteiger partial charge in [-0.25, -0.2) is 0 Å². The van der Waals surface area contributed by atoms with Crippen molar-refractivity contribution in [2.24, 2.45) is 10.2 Å². The van der Waals surface area contributed by atoms with Gasteiger partial charge in [0.15, 0.2) is 71.5 Å². The first-order valence-electron chi connectivity index (χ1n) is 31.7. The topological polar surface area (TPSA) is 246 Å². The Bertz CT molecular complexity index is 2600. The molecule has 0 spiro atoms. The van der Waals surface area contributed by atoms with Crippen molar-refractivity contribution < 1.29 is 114 Å². The van der Waals surface area contributed by atoms with Gasteiger partial charge in [-0.1, -0.05) is 12.1 Å². The lowest BCUT2D eigenvalue weighted by molar-refractivity contribution is -0.237. The van der Waals surface area contributed by atoms with Crippen molar-refractivity contribution in [2.45, 2.75) is 306 Å². The standard InChI is InChI=1S/C64H90N2O24/c1-57(2)71-27-37(79-57)41-45(49-53(75-41)87-61(9,10)83-49)67-23-31-17-32(24-68-46-42(38-28-72-58(3,4)80-38)76-54-50(46)84-62(11,12)88-54)20-35(19-31)65-66-36-21-33(25-69-47-43(39-29-73-59(5,6)81-39)77-55-51(47)85-63(13,14)89-55)18-34(22-36)26-70-48-44(40-30-74-60(7,8)82-40)78-56-52(48)86-64(15,16)90-56/h17-22,37-56H,23-30H2,1-16H3/t37-,38-,39-,40-,41?,42?,43?,44?,45+,46+,47+,48+,49-,50-,51-,52-,53-,54-,55-,56-/m1/s1. The number of hydrogen-bond acceptors (Lipinski definition) is 26. The lowest BCUT2D eigenvalue weighted by Crippen LogP contribution is -2.44. The average Bonchev–Trinajstić information content (AvgIpc) is 1.67. The Morgan fingerprint density at radius 1 is 0.289 bits per heavy atom. The Morgan fingerprint density at radius 3 is 0.711 bits per heavy atom. The van der Waals surface area contributed by atoms with Gasteiger partial charge >= 0.3 is 0 Å². The number of fused-ring (bicyclic) bond motifs is 4. The van der Waals surface area contributed by atoms with Gasteiger partial charge in [-0.05, 0) is 157 Å². The Hall–Kier alpha value is -2.92. The summed E-state index contributed by atoms with van der Waals surface area (Å²) < 4.78 is 154. The zero-order valence-electron chi connectivity index (χ0n) is 54.4. The highest BCUT2D eigenvalue weighted by atomic mass is 16.9. The first kappa shape index (κ1) is 64.4. The Kier molecular flexibility index (Phi) is 16.8. The molecule has 12 aliphatic rings. The van der Waals surface area contributed by atoms with Crippen molar-refractivity contribution in [3.8, 4) is 0 Å². The molecule has 0 aromatic heterocycles. The van der Waals surface area contributed by atoms with Crippen molar-refractivity contribution in [2.75, 3.05) is 26.4 Å². The summed E-state index contributed by atoms with van der Waals surface area (Å²) in [5, 5.41) is 9.94. The smallest absolute Gasteiger partial charge is 0.190 e. The van der Waals surface area contributed by atoms with Crippen LogP contribution in [0.25, 0.3) is 0 Å². The molecule has 26 heteroatoms. The van der Waals surface area contributed by atoms with E-state index in [0.717, 1.165) is 22.3 Å². The molecule has 26 nitrogen and oxygen atoms in total. The van der Waals surface area contributed by atoms with Gasteiger partial charge in [-0.15, -0.1) is 0 Å². The molecule has 500 valence electrons. The van der Waals surface area contributed by atoms with Crippen LogP contribution in [0.15, 0.2) is 46.6 Å². The number of hydrogen-bond donors (Lipinski definition) is 0. The van der Waals surface area contributed by atoms with E-state index in [-0.39, 0.29) is 26.4 Å². The zero-order valence-corrected chi connectivity index (χ0v) is 54.4. The molecule has 0 N–H and O–H groups in total. The van der Waals surface area contributed by atoms with Crippen LogP contribution in [0.2, 0.25) is 0 Å². The molecule has 90 heavy (non-hydrogen) atoms. The lowest BCUT2D eigenvalue weighted by atomic mass is 10.0. The van der Waals surface area contributed by atoms with Gasteiger partial charge in [0, 0.05) is 0 Å². The maximum Gasteiger partial charge on any atom is 0.190 e. The van der Waals surface area contributed by atoms with Crippen LogP contribution >= 0.6 is 0 Å². The molecule has 2 aromatic carbocycles. The zero-order chi connectivity index (χ0) is 63.3. The van der Waals surface area contributed by atoms with Crippen molar-refractivity contribution in [3.63, 3.8) is 0 Å². The highest BCUT2D eigenvalue weighted by Gasteiger charge is 2.63. The molecule has 12 aliphatic heterocycles. The summed E-state index contributed by atoms with van der Waals surface area (Å²) in [6.07, 6.45) is -11.4. The molecule has 12 saturated heterocycles. The molecule has 0 radical (unpaired) electrons. The van der Waals surface area contributed by atoms with E-state index in [9.17, 15) is 0 Å². The second-order valence-corrected chi connectivity index (χ2v) is 29.1. The quantitative estimate of drug-likeness (QED) is 0.129. The minimum atomic E-state index is -0.904. The van der Waals surface area contributed by atoms with Crippen LogP contribution in [0.4, 0.5) is 11.4 Å². The largest absolute Gasteiger partial charge is 0.368 e. The predicted molar refractivity (Wildman–Crippen MR) is 306 cm³/mol. The van der Waals surface area contributed by atoms with Crippen LogP contribution in [0, 0.1) is 0 Å². The van der Waals surface area contributed by atoms with Crippen LogP contribution in [0.5, 0.6) is 0 Å². The molecule has 0 aliphatic carbocycles. The van der Waals surface area contributed by atoms with Crippen molar-refractivity contribution in [1.29, 1.82) is 0 Å². The van der Waals surface area contributed by atoms with Gasteiger partial charge in [0.25, 0.3) is 0 Å². The van der Waals surface area contributed by atoms with E-state index in [2.05, 4.69) is 0 Å². The SMILES string of the molecule is CC1(C)O[C@H]2OC([C@H]3COC(C)(C)O3)[C@H](OCc3cc(CO[C@H]4C([C@H]5COC(C)(C)O5)O[C@@H]5OC(C)(C)O[C@@H]54)cc(N=Nc4cc(CO[C@H]5C([C@H]6COC(C)(C)O6)O[C@@H]6OC(C)(C)O[C@@H]65)cc(CO[C@H]5C([C@H]6COC(C)(C)O6)O[C@@H]6OC(C)(C)O[C@@H]65)c4)c3)[C@H]2O1. The van der Waals surface area contributed by atoms with Crippen LogP contribution in [-0.4, -0.2) is 196 Å². The van der Waals surface area contributed by atoms with Crippen molar-refractivity contribution >= 4 is 11.4 Å². The first-order chi connectivity index (χ1) is 42.3. The van der Waals surface area contributed by atoms with Crippen molar-refractivity contribution in [1.82, 2.24) is 0 Å². The summed E-state index contributed by atoms with van der Waals surface area (Å²) in [5.41, 5.74) is 4.07. The van der Waals surface area contributed by atoms with Crippen LogP contribution < -0.4 is 0 Å². The summed E-state index contributed by atoms with van der Waals surface area (Å²) in [4.78, 5) is 0. The summed E-state index contributed by atoms with van der Waals surface area (Å²) in [7, 11) is 0. The number of benzene rings is 2. The van der Waals surface area contributed by atoms with E-state index in [1.165, 1.54) is 0 Å². The average molecular weight is 1270 g/mol. The maximum absolute atomic E-state index is 6.89. The van der Waals surface area contributed by atoms with E-state index in [4.69, 9.17) is 124 Å². The van der Waals surface area contributed by atoms with Crippen LogP contribution in [0.1, 0.15) is 133 Å². The highest BCUT2D eigenvalue weighted by molar-refractivity contribution is 5.47. The van der Waals surface area contributed by atoms with Gasteiger partial charge in [-0.2, -0.15) is 10.2 Å². The number of ether oxygens (including phenoxy) is 24. The molecular weight excluding hydrogens is 1180 g/mol. The molecule has 0 amide bonds. The van der Waals surface area contributed by atoms with E-state index >= 15 is 0 Å². The van der Waals surface area contributed by atoms with Gasteiger partial charge in [0.2, 0.25) is 0 Å². The summed E-state index contributed by atoms with van der Waals surface area (Å²) >= 11 is 0. The molecule has 2 aromatic rings. The Labute approximate surface area is 525 Å². The van der Waals surface area contributed by atoms with E-state index in [0.29, 0.717) is 37.8 Å². The molecule has 20 atom stereocenters. The fraction of sp³-hybridized carbons (Fsp3) is 0.812. The van der Waals surface area contributed by atoms with Gasteiger partial charge in [-0.3, -0.25) is 0 Å². The van der Waals surface area contributed by atoms with E-state index in [1.54, 1.807) is 0 Å². The normalized spacial score (nSPS) is 42.6. The van der Waals surface area contributed by atoms with Gasteiger partial charge in [0.05, 0.1) is 64.2 Å². The van der Waals surface area contributed by atoms with E-state index < -0.39 is 169 Å². The minimum Gasteiger partial charge on any atom is -0.368 e. The fourth-order valence-electron chi connectivity index (χ4n) is 14.3. The molecule has 4 unspecified atom stereocenters. The van der Waals surface area contributed by atoms with Gasteiger partial charge < -0.3 is 114 Å². The van der Waals surface area contributed by atoms with E-state index in [1.807, 2.05) is 147 Å². The second-order valence-electron chi connectivity index (χ2n) is 29.1. The Morgan fingerprint density at radius 2 is 0.511 bits per heavy atom. The number of nitrogens with zero attached hydrogens (tertiary/aromatic N) is 2. The third-order valence-electron chi connectivity index (χ3n) is 17.8. The minimum absolute atomic E-state index is 0.108. The fourth-order valence-corrected chi connectivity index (χ4v) is 14.3. The number of azo groups is 1. The third kappa shape index (κ3) is 13.6. The van der Waals surface area contributed by atoms with Gasteiger partial charge in [0.1, 0.15) is 97.7 Å². The summed E-state index contributed by atoms with van der Waals surface area (Å²) in [5.74, 6) is -6.87. The monoisotopic (exact) mass is 1270 g/mol. The molecule has 12 heterocycles. The number of rotatable bonds is 18. The molecule has 0 bridgehead atoms. The maximum atomic E-state index is 6.89.